The van der Waals surface area contributed by atoms with E-state index >= 15 is 0 Å². The lowest BCUT2D eigenvalue weighted by molar-refractivity contribution is -0.119. The second-order valence-electron chi connectivity index (χ2n) is 9.25. The molecule has 7 heteroatoms. The van der Waals surface area contributed by atoms with Gasteiger partial charge in [0, 0.05) is 43.6 Å². The Morgan fingerprint density at radius 2 is 1.36 bits per heavy atom. The van der Waals surface area contributed by atoms with Gasteiger partial charge in [-0.1, -0.05) is 74.4 Å². The Morgan fingerprint density at radius 1 is 0.778 bits per heavy atom. The number of ether oxygens (including phenoxy) is 1. The third-order valence-electron chi connectivity index (χ3n) is 6.27. The molecule has 1 atom stereocenters. The molecule has 196 valence electrons. The summed E-state index contributed by atoms with van der Waals surface area (Å²) in [5.41, 5.74) is 1.78. The number of hydrogen-bond acceptors (Lipinski definition) is 6. The molecule has 0 aliphatic rings. The van der Waals surface area contributed by atoms with Crippen molar-refractivity contribution in [3.05, 3.63) is 71.3 Å². The van der Waals surface area contributed by atoms with E-state index in [-0.39, 0.29) is 23.1 Å². The highest BCUT2D eigenvalue weighted by molar-refractivity contribution is 7.92. The van der Waals surface area contributed by atoms with Crippen LogP contribution < -0.4 is 0 Å². The number of Topliss-reactive ketones (excluding diaryl/α,β-unsaturated/α-hetero) is 2. The SMILES string of the molecule is COCCCCCC(=O)CCCCCS(=O)(=O)CC(=O)C(C)c1ccc(C(=O)c2ccccc2)cc1. The zero-order valence-electron chi connectivity index (χ0n) is 21.4. The molecule has 0 bridgehead atoms. The standard InChI is InChI=1S/C29H38O6S/c1-23(24-16-18-26(19-17-24)29(32)25-12-6-3-7-13-25)28(31)22-36(33,34)21-11-5-9-15-27(30)14-8-4-10-20-35-2/h3,6-7,12-13,16-19,23H,4-5,8-11,14-15,20-22H2,1-2H3. The van der Waals surface area contributed by atoms with Gasteiger partial charge in [0.1, 0.15) is 11.5 Å². The van der Waals surface area contributed by atoms with Crippen LogP contribution >= 0.6 is 0 Å². The van der Waals surface area contributed by atoms with Gasteiger partial charge in [-0.05, 0) is 31.2 Å². The summed E-state index contributed by atoms with van der Waals surface area (Å²) in [5, 5.41) is 0. The third-order valence-corrected chi connectivity index (χ3v) is 7.90. The first-order chi connectivity index (χ1) is 17.2. The van der Waals surface area contributed by atoms with Gasteiger partial charge in [0.15, 0.2) is 21.4 Å². The predicted octanol–water partition coefficient (Wildman–Crippen LogP) is 5.34. The third kappa shape index (κ3) is 10.5. The van der Waals surface area contributed by atoms with Crippen molar-refractivity contribution >= 4 is 27.2 Å². The highest BCUT2D eigenvalue weighted by atomic mass is 32.2. The summed E-state index contributed by atoms with van der Waals surface area (Å²) >= 11 is 0. The fourth-order valence-electron chi connectivity index (χ4n) is 3.97. The Hall–Kier alpha value is -2.64. The van der Waals surface area contributed by atoms with Crippen molar-refractivity contribution in [2.75, 3.05) is 25.2 Å². The summed E-state index contributed by atoms with van der Waals surface area (Å²) in [6, 6.07) is 15.7. The van der Waals surface area contributed by atoms with Crippen LogP contribution in [-0.2, 0) is 24.2 Å². The normalized spacial score (nSPS) is 12.3. The first kappa shape index (κ1) is 29.6. The molecule has 0 aliphatic heterocycles. The number of methoxy groups -OCH3 is 1. The van der Waals surface area contributed by atoms with Gasteiger partial charge >= 0.3 is 0 Å². The Balaban J connectivity index is 1.73. The molecule has 0 aliphatic carbocycles. The van der Waals surface area contributed by atoms with E-state index in [0.717, 1.165) is 19.3 Å². The second-order valence-corrected chi connectivity index (χ2v) is 11.4. The number of carbonyl (C=O) groups excluding carboxylic acids is 3. The van der Waals surface area contributed by atoms with Gasteiger partial charge in [0.2, 0.25) is 0 Å². The number of sulfone groups is 1. The average Bonchev–Trinajstić information content (AvgIpc) is 2.87. The largest absolute Gasteiger partial charge is 0.385 e. The van der Waals surface area contributed by atoms with Crippen LogP contribution in [0, 0.1) is 0 Å². The summed E-state index contributed by atoms with van der Waals surface area (Å²) in [5.74, 6) is -1.38. The topological polar surface area (TPSA) is 94.6 Å². The molecule has 0 amide bonds. The molecule has 0 spiro atoms. The lowest BCUT2D eigenvalue weighted by Crippen LogP contribution is -2.23. The molecule has 2 aromatic rings. The van der Waals surface area contributed by atoms with Crippen LogP contribution in [0.3, 0.4) is 0 Å². The van der Waals surface area contributed by atoms with Gasteiger partial charge in [-0.3, -0.25) is 14.4 Å². The Bertz CT molecular complexity index is 1070. The minimum Gasteiger partial charge on any atom is -0.385 e. The average molecular weight is 515 g/mol. The van der Waals surface area contributed by atoms with Crippen molar-refractivity contribution in [3.8, 4) is 0 Å². The van der Waals surface area contributed by atoms with Crippen molar-refractivity contribution in [1.29, 1.82) is 0 Å². The molecule has 0 saturated carbocycles. The van der Waals surface area contributed by atoms with Crippen LogP contribution in [0.5, 0.6) is 0 Å². The summed E-state index contributed by atoms with van der Waals surface area (Å²) in [7, 11) is -1.85. The van der Waals surface area contributed by atoms with E-state index in [9.17, 15) is 22.8 Å². The first-order valence-corrected chi connectivity index (χ1v) is 14.5. The van der Waals surface area contributed by atoms with Gasteiger partial charge in [0.25, 0.3) is 0 Å². The summed E-state index contributed by atoms with van der Waals surface area (Å²) < 4.78 is 29.9. The smallest absolute Gasteiger partial charge is 0.193 e. The Kier molecular flexibility index (Phi) is 12.7. The van der Waals surface area contributed by atoms with E-state index in [1.54, 1.807) is 62.6 Å². The van der Waals surface area contributed by atoms with Crippen LogP contribution in [0.1, 0.15) is 85.7 Å². The summed E-state index contributed by atoms with van der Waals surface area (Å²) in [6.07, 6.45) is 5.60. The van der Waals surface area contributed by atoms with Gasteiger partial charge in [-0.25, -0.2) is 8.42 Å². The molecular formula is C29H38O6S. The maximum Gasteiger partial charge on any atom is 0.193 e. The molecule has 0 fully saturated rings. The van der Waals surface area contributed by atoms with E-state index in [1.165, 1.54) is 0 Å². The molecule has 6 nitrogen and oxygen atoms in total. The molecule has 0 radical (unpaired) electrons. The Labute approximate surface area is 215 Å². The number of rotatable bonds is 18. The molecule has 2 rings (SSSR count). The van der Waals surface area contributed by atoms with Gasteiger partial charge in [0.05, 0.1) is 5.75 Å². The quantitative estimate of drug-likeness (QED) is 0.197. The second kappa shape index (κ2) is 15.5. The molecule has 0 heterocycles. The zero-order chi connectivity index (χ0) is 26.4. The number of hydrogen-bond donors (Lipinski definition) is 0. The lowest BCUT2D eigenvalue weighted by Gasteiger charge is -2.12. The zero-order valence-corrected chi connectivity index (χ0v) is 22.2. The molecular weight excluding hydrogens is 476 g/mol. The van der Waals surface area contributed by atoms with Gasteiger partial charge < -0.3 is 4.74 Å². The van der Waals surface area contributed by atoms with E-state index < -0.39 is 21.5 Å². The molecule has 36 heavy (non-hydrogen) atoms. The van der Waals surface area contributed by atoms with Crippen molar-refractivity contribution in [2.24, 2.45) is 0 Å². The number of ketones is 3. The number of unbranched alkanes of at least 4 members (excludes halogenated alkanes) is 4. The molecule has 0 N–H and O–H groups in total. The highest BCUT2D eigenvalue weighted by Crippen LogP contribution is 2.20. The summed E-state index contributed by atoms with van der Waals surface area (Å²) in [6.45, 7) is 2.40. The van der Waals surface area contributed by atoms with Crippen LogP contribution in [0.15, 0.2) is 54.6 Å². The maximum absolute atomic E-state index is 12.6. The van der Waals surface area contributed by atoms with Crippen molar-refractivity contribution in [1.82, 2.24) is 0 Å². The van der Waals surface area contributed by atoms with E-state index in [2.05, 4.69) is 0 Å². The van der Waals surface area contributed by atoms with Crippen LogP contribution in [-0.4, -0.2) is 51.0 Å². The number of benzene rings is 2. The predicted molar refractivity (Wildman–Crippen MR) is 142 cm³/mol. The van der Waals surface area contributed by atoms with E-state index in [4.69, 9.17) is 4.74 Å². The van der Waals surface area contributed by atoms with Crippen molar-refractivity contribution < 1.29 is 27.5 Å². The van der Waals surface area contributed by atoms with Crippen LogP contribution in [0.4, 0.5) is 0 Å². The summed E-state index contributed by atoms with van der Waals surface area (Å²) in [4.78, 5) is 37.1. The van der Waals surface area contributed by atoms with Crippen molar-refractivity contribution in [2.45, 2.75) is 64.2 Å². The van der Waals surface area contributed by atoms with Crippen LogP contribution in [0.2, 0.25) is 0 Å². The fourth-order valence-corrected chi connectivity index (χ4v) is 5.44. The van der Waals surface area contributed by atoms with E-state index in [1.807, 2.05) is 6.07 Å². The monoisotopic (exact) mass is 514 g/mol. The fraction of sp³-hybridized carbons (Fsp3) is 0.483. The number of carbonyl (C=O) groups is 3. The molecule has 0 saturated heterocycles. The minimum absolute atomic E-state index is 0.0544. The highest BCUT2D eigenvalue weighted by Gasteiger charge is 2.23. The van der Waals surface area contributed by atoms with Gasteiger partial charge in [-0.15, -0.1) is 0 Å². The molecule has 2 aromatic carbocycles. The van der Waals surface area contributed by atoms with Crippen molar-refractivity contribution in [3.63, 3.8) is 0 Å². The van der Waals surface area contributed by atoms with Crippen LogP contribution in [0.25, 0.3) is 0 Å². The first-order valence-electron chi connectivity index (χ1n) is 12.7. The van der Waals surface area contributed by atoms with E-state index in [0.29, 0.717) is 55.4 Å². The molecule has 0 aromatic heterocycles. The molecule has 1 unspecified atom stereocenters. The minimum atomic E-state index is -3.52. The van der Waals surface area contributed by atoms with Gasteiger partial charge in [-0.2, -0.15) is 0 Å². The Morgan fingerprint density at radius 3 is 1.97 bits per heavy atom. The maximum atomic E-state index is 12.6. The lowest BCUT2D eigenvalue weighted by atomic mass is 9.95.